The molecule has 0 atom stereocenters. The van der Waals surface area contributed by atoms with Gasteiger partial charge >= 0.3 is 0 Å². The van der Waals surface area contributed by atoms with Gasteiger partial charge in [-0.1, -0.05) is 6.92 Å². The number of hydrogen-bond donors (Lipinski definition) is 4. The lowest BCUT2D eigenvalue weighted by molar-refractivity contribution is 0.697. The van der Waals surface area contributed by atoms with Crippen LogP contribution in [0.4, 0.5) is 0 Å². The maximum Gasteiger partial charge on any atom is 0.193 e. The lowest BCUT2D eigenvalue weighted by atomic mass is 10.4. The van der Waals surface area contributed by atoms with E-state index in [9.17, 15) is 0 Å². The van der Waals surface area contributed by atoms with Gasteiger partial charge in [0.1, 0.15) is 6.67 Å². The zero-order valence-corrected chi connectivity index (χ0v) is 11.6. The van der Waals surface area contributed by atoms with Crippen LogP contribution in [-0.4, -0.2) is 32.3 Å². The lowest BCUT2D eigenvalue weighted by Crippen LogP contribution is -2.38. The van der Waals surface area contributed by atoms with Crippen molar-refractivity contribution >= 4 is 5.96 Å². The predicted octanol–water partition coefficient (Wildman–Crippen LogP) is 0.969. The lowest BCUT2D eigenvalue weighted by Gasteiger charge is -2.12. The van der Waals surface area contributed by atoms with E-state index in [4.69, 9.17) is 0 Å². The normalized spacial score (nSPS) is 10.7. The Hall–Kier alpha value is -1.39. The smallest absolute Gasteiger partial charge is 0.193 e. The molecule has 0 aliphatic carbocycles. The van der Waals surface area contributed by atoms with Crippen molar-refractivity contribution in [2.75, 3.05) is 26.3 Å². The highest BCUT2D eigenvalue weighted by atomic mass is 15.2. The third kappa shape index (κ3) is 8.42. The van der Waals surface area contributed by atoms with E-state index < -0.39 is 0 Å². The van der Waals surface area contributed by atoms with Crippen LogP contribution in [0.25, 0.3) is 0 Å². The van der Waals surface area contributed by atoms with Gasteiger partial charge in [0.05, 0.1) is 5.82 Å². The minimum atomic E-state index is 0.564. The van der Waals surface area contributed by atoms with E-state index in [0.717, 1.165) is 37.8 Å². The van der Waals surface area contributed by atoms with Gasteiger partial charge in [0.2, 0.25) is 0 Å². The Balaban J connectivity index is 4.12. The Labute approximate surface area is 105 Å². The number of allylic oxidation sites excluding steroid dienone is 1. The standard InChI is InChI=1S/C12H27N5/c1-5-9-11(13-6-2)16-10-17-12(14-7-3)15-8-4/h9,13,16H,5-8,10H2,1-4H3,(H2,14,15,17)/b11-9+. The van der Waals surface area contributed by atoms with Crippen LogP contribution in [0.1, 0.15) is 34.1 Å². The summed E-state index contributed by atoms with van der Waals surface area (Å²) < 4.78 is 0. The van der Waals surface area contributed by atoms with E-state index in [2.05, 4.69) is 60.0 Å². The van der Waals surface area contributed by atoms with Crippen LogP contribution in [0.2, 0.25) is 0 Å². The second-order valence-electron chi connectivity index (χ2n) is 3.46. The van der Waals surface area contributed by atoms with Crippen LogP contribution in [0.3, 0.4) is 0 Å². The molecule has 0 aliphatic rings. The van der Waals surface area contributed by atoms with Crippen molar-refractivity contribution in [1.29, 1.82) is 0 Å². The highest BCUT2D eigenvalue weighted by Gasteiger charge is 1.94. The molecule has 0 saturated carbocycles. The predicted molar refractivity (Wildman–Crippen MR) is 74.8 cm³/mol. The number of nitrogens with zero attached hydrogens (tertiary/aromatic N) is 1. The molecule has 5 heteroatoms. The van der Waals surface area contributed by atoms with Crippen molar-refractivity contribution in [3.63, 3.8) is 0 Å². The second-order valence-corrected chi connectivity index (χ2v) is 3.46. The van der Waals surface area contributed by atoms with Gasteiger partial charge in [-0.25, -0.2) is 4.99 Å². The van der Waals surface area contributed by atoms with Gasteiger partial charge in [-0.2, -0.15) is 0 Å². The van der Waals surface area contributed by atoms with Crippen molar-refractivity contribution in [3.05, 3.63) is 11.9 Å². The summed E-state index contributed by atoms with van der Waals surface area (Å²) in [6.07, 6.45) is 3.13. The molecule has 0 saturated heterocycles. The summed E-state index contributed by atoms with van der Waals surface area (Å²) in [6, 6.07) is 0. The molecule has 0 radical (unpaired) electrons. The van der Waals surface area contributed by atoms with E-state index in [0.29, 0.717) is 6.67 Å². The van der Waals surface area contributed by atoms with E-state index in [1.807, 2.05) is 0 Å². The second kappa shape index (κ2) is 11.1. The van der Waals surface area contributed by atoms with Gasteiger partial charge in [0.25, 0.3) is 0 Å². The van der Waals surface area contributed by atoms with Crippen molar-refractivity contribution in [2.45, 2.75) is 34.1 Å². The fourth-order valence-electron chi connectivity index (χ4n) is 1.31. The van der Waals surface area contributed by atoms with Crippen LogP contribution in [-0.2, 0) is 0 Å². The third-order valence-corrected chi connectivity index (χ3v) is 1.97. The van der Waals surface area contributed by atoms with E-state index in [1.165, 1.54) is 0 Å². The molecular weight excluding hydrogens is 214 g/mol. The monoisotopic (exact) mass is 241 g/mol. The number of aliphatic imine (C=N–C) groups is 1. The minimum Gasteiger partial charge on any atom is -0.372 e. The van der Waals surface area contributed by atoms with E-state index in [1.54, 1.807) is 0 Å². The first-order chi connectivity index (χ1) is 8.28. The molecule has 0 bridgehead atoms. The van der Waals surface area contributed by atoms with Gasteiger partial charge in [0.15, 0.2) is 5.96 Å². The molecule has 0 fully saturated rings. The van der Waals surface area contributed by atoms with Gasteiger partial charge < -0.3 is 21.3 Å². The van der Waals surface area contributed by atoms with Gasteiger partial charge in [0, 0.05) is 19.6 Å². The Kier molecular flexibility index (Phi) is 10.2. The Bertz CT molecular complexity index is 227. The average Bonchev–Trinajstić information content (AvgIpc) is 2.30. The van der Waals surface area contributed by atoms with Crippen LogP contribution in [0.5, 0.6) is 0 Å². The first-order valence-electron chi connectivity index (χ1n) is 6.48. The summed E-state index contributed by atoms with van der Waals surface area (Å²) in [7, 11) is 0. The quantitative estimate of drug-likeness (QED) is 0.378. The summed E-state index contributed by atoms with van der Waals surface area (Å²) in [5.74, 6) is 1.89. The fourth-order valence-corrected chi connectivity index (χ4v) is 1.31. The zero-order valence-electron chi connectivity index (χ0n) is 11.6. The van der Waals surface area contributed by atoms with Crippen LogP contribution < -0.4 is 21.3 Å². The molecule has 4 N–H and O–H groups in total. The molecule has 0 heterocycles. The maximum atomic E-state index is 4.41. The fraction of sp³-hybridized carbons (Fsp3) is 0.750. The minimum absolute atomic E-state index is 0.564. The molecule has 0 aromatic heterocycles. The Morgan fingerprint density at radius 3 is 1.94 bits per heavy atom. The van der Waals surface area contributed by atoms with Gasteiger partial charge in [-0.05, 0) is 33.3 Å². The maximum absolute atomic E-state index is 4.41. The van der Waals surface area contributed by atoms with Crippen molar-refractivity contribution < 1.29 is 0 Å². The summed E-state index contributed by atoms with van der Waals surface area (Å²) in [6.45, 7) is 11.5. The van der Waals surface area contributed by atoms with Crippen LogP contribution >= 0.6 is 0 Å². The largest absolute Gasteiger partial charge is 0.372 e. The Morgan fingerprint density at radius 2 is 1.47 bits per heavy atom. The topological polar surface area (TPSA) is 60.5 Å². The number of hydrogen-bond acceptors (Lipinski definition) is 3. The number of rotatable bonds is 8. The molecule has 5 nitrogen and oxygen atoms in total. The molecule has 100 valence electrons. The number of nitrogens with one attached hydrogen (secondary N) is 4. The molecule has 0 aromatic carbocycles. The van der Waals surface area contributed by atoms with Gasteiger partial charge in [-0.3, -0.25) is 0 Å². The number of guanidine groups is 1. The van der Waals surface area contributed by atoms with Crippen molar-refractivity contribution in [1.82, 2.24) is 21.3 Å². The highest BCUT2D eigenvalue weighted by Crippen LogP contribution is 1.87. The Morgan fingerprint density at radius 1 is 0.882 bits per heavy atom. The third-order valence-electron chi connectivity index (χ3n) is 1.97. The van der Waals surface area contributed by atoms with Gasteiger partial charge in [-0.15, -0.1) is 0 Å². The molecule has 0 rings (SSSR count). The van der Waals surface area contributed by atoms with Crippen LogP contribution in [0.15, 0.2) is 16.9 Å². The first-order valence-corrected chi connectivity index (χ1v) is 6.48. The molecular formula is C12H27N5. The summed E-state index contributed by atoms with van der Waals surface area (Å²) in [5, 5.41) is 12.9. The zero-order chi connectivity index (χ0) is 12.9. The highest BCUT2D eigenvalue weighted by molar-refractivity contribution is 5.79. The molecule has 0 spiro atoms. The first kappa shape index (κ1) is 15.6. The van der Waals surface area contributed by atoms with E-state index >= 15 is 0 Å². The van der Waals surface area contributed by atoms with Crippen LogP contribution in [0, 0.1) is 0 Å². The summed E-state index contributed by atoms with van der Waals surface area (Å²) >= 11 is 0. The summed E-state index contributed by atoms with van der Waals surface area (Å²) in [4.78, 5) is 4.41. The summed E-state index contributed by atoms with van der Waals surface area (Å²) in [5.41, 5.74) is 0. The molecule has 0 aromatic rings. The van der Waals surface area contributed by atoms with Crippen molar-refractivity contribution in [2.24, 2.45) is 4.99 Å². The SMILES string of the molecule is CC/C=C(\NCC)NCN=C(NCC)NCC. The molecule has 0 amide bonds. The van der Waals surface area contributed by atoms with Crippen molar-refractivity contribution in [3.8, 4) is 0 Å². The average molecular weight is 241 g/mol. The molecule has 0 unspecified atom stereocenters. The molecule has 17 heavy (non-hydrogen) atoms. The molecule has 0 aliphatic heterocycles. The van der Waals surface area contributed by atoms with E-state index in [-0.39, 0.29) is 0 Å².